The molecule has 2 aliphatic rings. The van der Waals surface area contributed by atoms with E-state index < -0.39 is 0 Å². The molecule has 0 amide bonds. The van der Waals surface area contributed by atoms with E-state index in [-0.39, 0.29) is 29.4 Å². The monoisotopic (exact) mass is 563 g/mol. The van der Waals surface area contributed by atoms with Gasteiger partial charge in [-0.15, -0.1) is 24.0 Å². The lowest BCUT2D eigenvalue weighted by Gasteiger charge is -2.37. The van der Waals surface area contributed by atoms with Crippen molar-refractivity contribution in [1.82, 2.24) is 20.4 Å². The number of nitrogens with one attached hydrogen (secondary N) is 2. The van der Waals surface area contributed by atoms with Crippen LogP contribution in [0.5, 0.6) is 0 Å². The molecule has 3 rings (SSSR count). The van der Waals surface area contributed by atoms with Gasteiger partial charge in [0.25, 0.3) is 0 Å². The Labute approximate surface area is 195 Å². The first kappa shape index (κ1) is 23.9. The first-order valence-corrected chi connectivity index (χ1v) is 11.0. The summed E-state index contributed by atoms with van der Waals surface area (Å²) in [5.74, 6) is 0.912. The molecule has 1 aliphatic heterocycles. The van der Waals surface area contributed by atoms with Crippen LogP contribution in [0, 0.1) is 0 Å². The largest absolute Gasteiger partial charge is 0.356 e. The van der Waals surface area contributed by atoms with Crippen molar-refractivity contribution in [3.63, 3.8) is 0 Å². The number of rotatable bonds is 7. The molecule has 158 valence electrons. The van der Waals surface area contributed by atoms with Crippen molar-refractivity contribution >= 4 is 45.9 Å². The van der Waals surface area contributed by atoms with E-state index in [9.17, 15) is 0 Å². The lowest BCUT2D eigenvalue weighted by molar-refractivity contribution is 0.107. The van der Waals surface area contributed by atoms with Gasteiger partial charge in [-0.05, 0) is 44.0 Å². The van der Waals surface area contributed by atoms with Crippen LogP contribution in [0.4, 0.5) is 0 Å². The van der Waals surface area contributed by atoms with Crippen LogP contribution in [-0.2, 0) is 5.41 Å². The average molecular weight is 564 g/mol. The Morgan fingerprint density at radius 3 is 2.50 bits per heavy atom. The second-order valence-corrected chi connectivity index (χ2v) is 8.83. The van der Waals surface area contributed by atoms with Crippen molar-refractivity contribution in [2.24, 2.45) is 4.99 Å². The molecule has 1 saturated heterocycles. The summed E-state index contributed by atoms with van der Waals surface area (Å²) in [4.78, 5) is 9.53. The number of hydrogen-bond acceptors (Lipinski definition) is 3. The fraction of sp³-hybridized carbons (Fsp3) is 0.667. The van der Waals surface area contributed by atoms with E-state index in [0.29, 0.717) is 6.04 Å². The summed E-state index contributed by atoms with van der Waals surface area (Å²) in [6.07, 6.45) is 2.48. The Kier molecular flexibility index (Phi) is 9.50. The van der Waals surface area contributed by atoms with Crippen molar-refractivity contribution in [2.75, 3.05) is 52.9 Å². The Morgan fingerprint density at radius 2 is 1.93 bits per heavy atom. The van der Waals surface area contributed by atoms with Gasteiger partial charge >= 0.3 is 0 Å². The highest BCUT2D eigenvalue weighted by Gasteiger charge is 2.44. The highest BCUT2D eigenvalue weighted by atomic mass is 127. The molecule has 1 saturated carbocycles. The smallest absolute Gasteiger partial charge is 0.191 e. The van der Waals surface area contributed by atoms with Gasteiger partial charge in [0.05, 0.1) is 0 Å². The molecule has 2 fully saturated rings. The first-order valence-electron chi connectivity index (χ1n) is 10.2. The summed E-state index contributed by atoms with van der Waals surface area (Å²) in [6, 6.07) is 9.24. The maximum Gasteiger partial charge on any atom is 0.191 e. The number of likely N-dealkylation sites (N-methyl/N-ethyl adjacent to an activating group) is 1. The van der Waals surface area contributed by atoms with Crippen LogP contribution in [0.3, 0.4) is 0 Å². The van der Waals surface area contributed by atoms with Crippen LogP contribution in [0.1, 0.15) is 32.3 Å². The summed E-state index contributed by atoms with van der Waals surface area (Å²) in [6.45, 7) is 12.3. The normalized spacial score (nSPS) is 20.9. The maximum atomic E-state index is 4.43. The molecular formula is C21H35BrIN5. The molecule has 5 nitrogen and oxygen atoms in total. The maximum absolute atomic E-state index is 4.43. The van der Waals surface area contributed by atoms with E-state index in [1.165, 1.54) is 31.5 Å². The van der Waals surface area contributed by atoms with Gasteiger partial charge in [-0.25, -0.2) is 0 Å². The summed E-state index contributed by atoms with van der Waals surface area (Å²) in [5.41, 5.74) is 1.69. The Morgan fingerprint density at radius 1 is 1.21 bits per heavy atom. The zero-order valence-electron chi connectivity index (χ0n) is 17.4. The summed E-state index contributed by atoms with van der Waals surface area (Å²) in [7, 11) is 1.86. The summed E-state index contributed by atoms with van der Waals surface area (Å²) < 4.78 is 1.16. The minimum absolute atomic E-state index is 0. The number of halogens is 2. The Hall–Kier alpha value is -0.380. The third-order valence-corrected chi connectivity index (χ3v) is 6.64. The van der Waals surface area contributed by atoms with Crippen molar-refractivity contribution in [3.05, 3.63) is 34.3 Å². The second kappa shape index (κ2) is 11.1. The van der Waals surface area contributed by atoms with Crippen molar-refractivity contribution in [1.29, 1.82) is 0 Å². The number of benzene rings is 1. The highest BCUT2D eigenvalue weighted by Crippen LogP contribution is 2.48. The molecule has 1 aromatic rings. The van der Waals surface area contributed by atoms with Crippen LogP contribution < -0.4 is 10.6 Å². The minimum atomic E-state index is 0. The van der Waals surface area contributed by atoms with Gasteiger partial charge in [-0.2, -0.15) is 0 Å². The topological polar surface area (TPSA) is 42.9 Å². The van der Waals surface area contributed by atoms with Crippen LogP contribution in [0.15, 0.2) is 33.7 Å². The molecule has 1 unspecified atom stereocenters. The number of guanidine groups is 1. The first-order chi connectivity index (χ1) is 13.1. The van der Waals surface area contributed by atoms with Gasteiger partial charge in [-0.3, -0.25) is 9.89 Å². The van der Waals surface area contributed by atoms with Crippen LogP contribution >= 0.6 is 39.9 Å². The fourth-order valence-electron chi connectivity index (χ4n) is 3.90. The molecule has 1 atom stereocenters. The number of aliphatic imine (C=N–C) groups is 1. The zero-order chi connectivity index (χ0) is 19.3. The molecule has 1 aliphatic carbocycles. The molecule has 0 aromatic heterocycles. The molecule has 2 N–H and O–H groups in total. The van der Waals surface area contributed by atoms with E-state index in [1.807, 2.05) is 7.05 Å². The second-order valence-electron chi connectivity index (χ2n) is 7.92. The lowest BCUT2D eigenvalue weighted by Crippen LogP contribution is -2.53. The predicted octanol–water partition coefficient (Wildman–Crippen LogP) is 3.29. The Bertz CT molecular complexity index is 641. The average Bonchev–Trinajstić information content (AvgIpc) is 3.49. The molecule has 0 spiro atoms. The molecule has 28 heavy (non-hydrogen) atoms. The molecule has 0 radical (unpaired) electrons. The van der Waals surface area contributed by atoms with Crippen LogP contribution in [0.2, 0.25) is 0 Å². The van der Waals surface area contributed by atoms with Gasteiger partial charge in [0.2, 0.25) is 0 Å². The van der Waals surface area contributed by atoms with Gasteiger partial charge < -0.3 is 15.5 Å². The molecule has 7 heteroatoms. The SMILES string of the molecule is CCN1CCN(C(C)CNC(=NC)NCC2(c3cccc(Br)c3)CC2)CC1.I. The lowest BCUT2D eigenvalue weighted by atomic mass is 9.96. The quantitative estimate of drug-likeness (QED) is 0.303. The van der Waals surface area contributed by atoms with Gasteiger partial charge in [-0.1, -0.05) is 35.0 Å². The molecule has 1 heterocycles. The third kappa shape index (κ3) is 6.31. The highest BCUT2D eigenvalue weighted by molar-refractivity contribution is 14.0. The minimum Gasteiger partial charge on any atom is -0.356 e. The number of hydrogen-bond donors (Lipinski definition) is 2. The number of nitrogens with zero attached hydrogens (tertiary/aromatic N) is 3. The molecular weight excluding hydrogens is 529 g/mol. The molecule has 1 aromatic carbocycles. The summed E-state index contributed by atoms with van der Waals surface area (Å²) in [5, 5.41) is 7.09. The van der Waals surface area contributed by atoms with Crippen molar-refractivity contribution < 1.29 is 0 Å². The van der Waals surface area contributed by atoms with Crippen LogP contribution in [0.25, 0.3) is 0 Å². The van der Waals surface area contributed by atoms with Crippen LogP contribution in [-0.4, -0.2) is 74.7 Å². The van der Waals surface area contributed by atoms with E-state index in [1.54, 1.807) is 0 Å². The third-order valence-electron chi connectivity index (χ3n) is 6.15. The van der Waals surface area contributed by atoms with Crippen molar-refractivity contribution in [2.45, 2.75) is 38.1 Å². The van der Waals surface area contributed by atoms with Gasteiger partial charge in [0, 0.05) is 62.2 Å². The van der Waals surface area contributed by atoms with Crippen molar-refractivity contribution in [3.8, 4) is 0 Å². The van der Waals surface area contributed by atoms with E-state index in [0.717, 1.165) is 43.2 Å². The van der Waals surface area contributed by atoms with E-state index in [4.69, 9.17) is 0 Å². The zero-order valence-corrected chi connectivity index (χ0v) is 21.3. The summed E-state index contributed by atoms with van der Waals surface area (Å²) >= 11 is 3.60. The van der Waals surface area contributed by atoms with E-state index in [2.05, 4.69) is 79.5 Å². The van der Waals surface area contributed by atoms with Gasteiger partial charge in [0.1, 0.15) is 0 Å². The fourth-order valence-corrected chi connectivity index (χ4v) is 4.30. The predicted molar refractivity (Wildman–Crippen MR) is 133 cm³/mol. The molecule has 0 bridgehead atoms. The Balaban J connectivity index is 0.00000280. The standard InChI is InChI=1S/C21H34BrN5.HI/c1-4-26-10-12-27(13-11-26)17(2)15-24-20(23-3)25-16-21(8-9-21)18-6-5-7-19(22)14-18;/h5-7,14,17H,4,8-13,15-16H2,1-3H3,(H2,23,24,25);1H. The van der Waals surface area contributed by atoms with Gasteiger partial charge in [0.15, 0.2) is 5.96 Å². The van der Waals surface area contributed by atoms with E-state index >= 15 is 0 Å². The number of piperazine rings is 1.